The van der Waals surface area contributed by atoms with Crippen molar-refractivity contribution in [2.45, 2.75) is 112 Å². The van der Waals surface area contributed by atoms with Gasteiger partial charge in [-0.05, 0) is 79.4 Å². The van der Waals surface area contributed by atoms with Gasteiger partial charge in [0, 0.05) is 17.8 Å². The summed E-state index contributed by atoms with van der Waals surface area (Å²) < 4.78 is 0. The van der Waals surface area contributed by atoms with Crippen LogP contribution in [0.15, 0.2) is 23.3 Å². The highest BCUT2D eigenvalue weighted by Crippen LogP contribution is 2.73. The van der Waals surface area contributed by atoms with E-state index in [-0.39, 0.29) is 34.7 Å². The zero-order valence-corrected chi connectivity index (χ0v) is 22.6. The Kier molecular flexibility index (Phi) is 6.76. The van der Waals surface area contributed by atoms with Crippen molar-refractivity contribution in [3.05, 3.63) is 23.3 Å². The first-order chi connectivity index (χ1) is 15.7. The van der Waals surface area contributed by atoms with Gasteiger partial charge >= 0.3 is 0 Å². The molecule has 10 atom stereocenters. The van der Waals surface area contributed by atoms with Gasteiger partial charge in [0.15, 0.2) is 0 Å². The summed E-state index contributed by atoms with van der Waals surface area (Å²) in [7, 11) is 0. The summed E-state index contributed by atoms with van der Waals surface area (Å²) in [6.07, 6.45) is 9.47. The van der Waals surface area contributed by atoms with Gasteiger partial charge < -0.3 is 20.4 Å². The second-order valence-corrected chi connectivity index (χ2v) is 13.8. The van der Waals surface area contributed by atoms with E-state index in [1.54, 1.807) is 0 Å². The Labute approximate surface area is 207 Å². The van der Waals surface area contributed by atoms with E-state index < -0.39 is 23.7 Å². The number of fused-ring (bicyclic) bond motifs is 5. The quantitative estimate of drug-likeness (QED) is 0.410. The molecule has 0 aromatic carbocycles. The van der Waals surface area contributed by atoms with Gasteiger partial charge in [-0.1, -0.05) is 64.8 Å². The average molecular weight is 475 g/mol. The summed E-state index contributed by atoms with van der Waals surface area (Å²) in [6, 6.07) is 0. The first-order valence-corrected chi connectivity index (χ1v) is 13.8. The highest BCUT2D eigenvalue weighted by atomic mass is 16.3. The average Bonchev–Trinajstić information content (AvgIpc) is 3.03. The van der Waals surface area contributed by atoms with E-state index in [2.05, 4.69) is 53.7 Å². The SMILES string of the molecule is C/C(=C\CC[C@@H](C)C1CC[C@]2(C)C3=CCC4C(C)(C)[C@@H](O)C[C@@H](O)[C@]4(C)C3[C@H](O)C[C@@]12C)CO. The first kappa shape index (κ1) is 26.4. The molecule has 194 valence electrons. The maximum atomic E-state index is 11.8. The number of rotatable bonds is 5. The Morgan fingerprint density at radius 2 is 1.79 bits per heavy atom. The molecule has 4 rings (SSSR count). The molecule has 0 aliphatic heterocycles. The highest BCUT2D eigenvalue weighted by Gasteiger charge is 2.69. The van der Waals surface area contributed by atoms with Crippen LogP contribution in [0.1, 0.15) is 93.4 Å². The van der Waals surface area contributed by atoms with E-state index in [1.165, 1.54) is 12.0 Å². The van der Waals surface area contributed by atoms with Crippen LogP contribution in [0.3, 0.4) is 0 Å². The van der Waals surface area contributed by atoms with Crippen LogP contribution in [0.4, 0.5) is 0 Å². The molecule has 34 heavy (non-hydrogen) atoms. The van der Waals surface area contributed by atoms with Crippen molar-refractivity contribution in [1.29, 1.82) is 0 Å². The summed E-state index contributed by atoms with van der Waals surface area (Å²) in [6.45, 7) is 15.9. The van der Waals surface area contributed by atoms with Gasteiger partial charge in [0.25, 0.3) is 0 Å². The van der Waals surface area contributed by atoms with Gasteiger partial charge in [0.05, 0.1) is 24.9 Å². The third kappa shape index (κ3) is 3.53. The Morgan fingerprint density at radius 1 is 1.12 bits per heavy atom. The molecule has 3 fully saturated rings. The minimum Gasteiger partial charge on any atom is -0.392 e. The molecule has 0 aromatic rings. The lowest BCUT2D eigenvalue weighted by Crippen LogP contribution is -2.66. The van der Waals surface area contributed by atoms with Gasteiger partial charge in [0.2, 0.25) is 0 Å². The first-order valence-electron chi connectivity index (χ1n) is 13.8. The lowest BCUT2D eigenvalue weighted by atomic mass is 9.39. The molecular weight excluding hydrogens is 424 g/mol. The summed E-state index contributed by atoms with van der Waals surface area (Å²) in [5.74, 6) is 1.21. The second kappa shape index (κ2) is 8.71. The standard InChI is InChI=1S/C30H50O4/c1-18(17-31)9-8-10-19(2)20-13-14-28(5)21-11-12-23-27(3,4)24(33)15-25(34)30(23,7)26(21)22(32)16-29(20,28)6/h9,11,19-20,22-26,31-34H,8,10,12-17H2,1-7H3/b18-9+/t19-,20?,22-,23?,24+,25-,26?,28-,29+,30-/m1/s1. The zero-order valence-electron chi connectivity index (χ0n) is 22.6. The molecule has 4 aliphatic rings. The van der Waals surface area contributed by atoms with E-state index >= 15 is 0 Å². The Bertz CT molecular complexity index is 845. The maximum absolute atomic E-state index is 11.8. The topological polar surface area (TPSA) is 80.9 Å². The van der Waals surface area contributed by atoms with Crippen molar-refractivity contribution in [2.24, 2.45) is 45.3 Å². The van der Waals surface area contributed by atoms with E-state index in [1.807, 2.05) is 6.92 Å². The fraction of sp³-hybridized carbons (Fsp3) is 0.867. The van der Waals surface area contributed by atoms with Gasteiger partial charge in [-0.3, -0.25) is 0 Å². The van der Waals surface area contributed by atoms with Crippen LogP contribution in [-0.2, 0) is 0 Å². The molecule has 4 heteroatoms. The Hall–Kier alpha value is -0.680. The van der Waals surface area contributed by atoms with E-state index in [4.69, 9.17) is 0 Å². The smallest absolute Gasteiger partial charge is 0.0639 e. The normalized spacial score (nSPS) is 49.0. The molecule has 0 radical (unpaired) electrons. The molecule has 4 aliphatic carbocycles. The van der Waals surface area contributed by atoms with Crippen molar-refractivity contribution >= 4 is 0 Å². The van der Waals surface area contributed by atoms with Gasteiger partial charge in [0.1, 0.15) is 0 Å². The molecule has 3 unspecified atom stereocenters. The van der Waals surface area contributed by atoms with Crippen LogP contribution in [0.25, 0.3) is 0 Å². The van der Waals surface area contributed by atoms with E-state index in [0.717, 1.165) is 37.7 Å². The number of aliphatic hydroxyl groups is 4. The van der Waals surface area contributed by atoms with E-state index in [0.29, 0.717) is 18.3 Å². The molecule has 4 nitrogen and oxygen atoms in total. The molecule has 0 amide bonds. The summed E-state index contributed by atoms with van der Waals surface area (Å²) in [4.78, 5) is 0. The molecule has 4 N–H and O–H groups in total. The molecule has 3 saturated carbocycles. The van der Waals surface area contributed by atoms with Crippen LogP contribution < -0.4 is 0 Å². The van der Waals surface area contributed by atoms with Gasteiger partial charge in [-0.25, -0.2) is 0 Å². The summed E-state index contributed by atoms with van der Waals surface area (Å²) in [5.41, 5.74) is 1.78. The monoisotopic (exact) mass is 474 g/mol. The fourth-order valence-corrected chi connectivity index (χ4v) is 9.55. The van der Waals surface area contributed by atoms with Gasteiger partial charge in [-0.15, -0.1) is 0 Å². The molecule has 0 saturated heterocycles. The molecule has 0 heterocycles. The van der Waals surface area contributed by atoms with Gasteiger partial charge in [-0.2, -0.15) is 0 Å². The van der Waals surface area contributed by atoms with Crippen LogP contribution in [0.5, 0.6) is 0 Å². The number of hydrogen-bond donors (Lipinski definition) is 4. The van der Waals surface area contributed by atoms with Crippen LogP contribution in [-0.4, -0.2) is 45.3 Å². The van der Waals surface area contributed by atoms with Crippen LogP contribution >= 0.6 is 0 Å². The van der Waals surface area contributed by atoms with Crippen molar-refractivity contribution in [3.63, 3.8) is 0 Å². The lowest BCUT2D eigenvalue weighted by molar-refractivity contribution is -0.208. The third-order valence-electron chi connectivity index (χ3n) is 12.0. The highest BCUT2D eigenvalue weighted by molar-refractivity contribution is 5.35. The van der Waals surface area contributed by atoms with E-state index in [9.17, 15) is 20.4 Å². The minimum atomic E-state index is -0.602. The molecular formula is C30H50O4. The van der Waals surface area contributed by atoms with Crippen molar-refractivity contribution < 1.29 is 20.4 Å². The van der Waals surface area contributed by atoms with Crippen molar-refractivity contribution in [3.8, 4) is 0 Å². The van der Waals surface area contributed by atoms with Crippen molar-refractivity contribution in [1.82, 2.24) is 0 Å². The van der Waals surface area contributed by atoms with Crippen molar-refractivity contribution in [2.75, 3.05) is 6.61 Å². The minimum absolute atomic E-state index is 0.0284. The number of allylic oxidation sites excluding steroid dienone is 2. The Balaban J connectivity index is 1.67. The second-order valence-electron chi connectivity index (χ2n) is 13.8. The zero-order chi connectivity index (χ0) is 25.3. The molecule has 0 aromatic heterocycles. The summed E-state index contributed by atoms with van der Waals surface area (Å²) >= 11 is 0. The summed E-state index contributed by atoms with van der Waals surface area (Å²) in [5, 5.41) is 43.3. The van der Waals surface area contributed by atoms with Crippen LogP contribution in [0, 0.1) is 45.3 Å². The Morgan fingerprint density at radius 3 is 2.44 bits per heavy atom. The maximum Gasteiger partial charge on any atom is 0.0639 e. The fourth-order valence-electron chi connectivity index (χ4n) is 9.55. The third-order valence-corrected chi connectivity index (χ3v) is 12.0. The largest absolute Gasteiger partial charge is 0.392 e. The number of hydrogen-bond acceptors (Lipinski definition) is 4. The predicted molar refractivity (Wildman–Crippen MR) is 137 cm³/mol. The lowest BCUT2D eigenvalue weighted by Gasteiger charge is -2.66. The molecule has 0 spiro atoms. The predicted octanol–water partition coefficient (Wildman–Crippen LogP) is 5.25. The van der Waals surface area contributed by atoms with Crippen LogP contribution in [0.2, 0.25) is 0 Å². The molecule has 0 bridgehead atoms. The number of aliphatic hydroxyl groups excluding tert-OH is 4.